The molecule has 0 spiro atoms. The third-order valence-electron chi connectivity index (χ3n) is 3.09. The topological polar surface area (TPSA) is 92.0 Å². The summed E-state index contributed by atoms with van der Waals surface area (Å²) in [6.07, 6.45) is 5.84. The van der Waals surface area contributed by atoms with Crippen LogP contribution in [0.1, 0.15) is 16.1 Å². The quantitative estimate of drug-likeness (QED) is 0.820. The first-order valence-corrected chi connectivity index (χ1v) is 6.35. The molecule has 0 atom stereocenters. The molecule has 21 heavy (non-hydrogen) atoms. The van der Waals surface area contributed by atoms with Crippen molar-refractivity contribution in [3.8, 4) is 11.9 Å². The number of carbonyl (C=O) groups is 1. The maximum absolute atomic E-state index is 12.0. The van der Waals surface area contributed by atoms with Crippen LogP contribution in [-0.2, 0) is 0 Å². The van der Waals surface area contributed by atoms with Crippen LogP contribution in [0.4, 0.5) is 0 Å². The summed E-state index contributed by atoms with van der Waals surface area (Å²) in [5.74, 6) is 0.126. The van der Waals surface area contributed by atoms with E-state index in [4.69, 9.17) is 10.00 Å². The predicted octanol–water partition coefficient (Wildman–Crippen LogP) is 0.647. The van der Waals surface area contributed by atoms with E-state index in [1.807, 2.05) is 6.07 Å². The summed E-state index contributed by atoms with van der Waals surface area (Å²) in [7, 11) is 0. The van der Waals surface area contributed by atoms with Crippen molar-refractivity contribution in [3.05, 3.63) is 48.2 Å². The maximum atomic E-state index is 12.0. The molecule has 1 aliphatic rings. The summed E-state index contributed by atoms with van der Waals surface area (Å²) in [5.41, 5.74) is 0.697. The lowest BCUT2D eigenvalue weighted by Gasteiger charge is -2.38. The molecule has 3 rings (SSSR count). The average Bonchev–Trinajstić information content (AvgIpc) is 2.51. The highest BCUT2D eigenvalue weighted by atomic mass is 16.5. The SMILES string of the molecule is N#Cc1cccnc1OC1CN(C(=O)c2cnccn2)C1. The van der Waals surface area contributed by atoms with Crippen LogP contribution < -0.4 is 4.74 Å². The Labute approximate surface area is 120 Å². The number of hydrogen-bond acceptors (Lipinski definition) is 6. The van der Waals surface area contributed by atoms with Gasteiger partial charge in [-0.25, -0.2) is 9.97 Å². The van der Waals surface area contributed by atoms with Crippen molar-refractivity contribution in [2.24, 2.45) is 0 Å². The Morgan fingerprint density at radius 3 is 2.90 bits per heavy atom. The van der Waals surface area contributed by atoms with Gasteiger partial charge in [-0.15, -0.1) is 0 Å². The highest BCUT2D eigenvalue weighted by molar-refractivity contribution is 5.92. The Bertz CT molecular complexity index is 692. The smallest absolute Gasteiger partial charge is 0.274 e. The Kier molecular flexibility index (Phi) is 3.43. The molecule has 0 aliphatic carbocycles. The molecule has 0 saturated carbocycles. The van der Waals surface area contributed by atoms with Crippen molar-refractivity contribution in [2.45, 2.75) is 6.10 Å². The number of aromatic nitrogens is 3. The number of nitriles is 1. The first-order valence-electron chi connectivity index (χ1n) is 6.35. The van der Waals surface area contributed by atoms with Crippen LogP contribution in [0.2, 0.25) is 0 Å². The third kappa shape index (κ3) is 2.65. The van der Waals surface area contributed by atoms with Gasteiger partial charge in [0.2, 0.25) is 5.88 Å². The largest absolute Gasteiger partial charge is 0.470 e. The maximum Gasteiger partial charge on any atom is 0.274 e. The van der Waals surface area contributed by atoms with E-state index in [0.717, 1.165) is 0 Å². The second kappa shape index (κ2) is 5.54. The highest BCUT2D eigenvalue weighted by Gasteiger charge is 2.34. The van der Waals surface area contributed by atoms with E-state index < -0.39 is 0 Å². The molecular weight excluding hydrogens is 270 g/mol. The van der Waals surface area contributed by atoms with Crippen molar-refractivity contribution in [1.82, 2.24) is 19.9 Å². The van der Waals surface area contributed by atoms with E-state index in [-0.39, 0.29) is 12.0 Å². The van der Waals surface area contributed by atoms with Gasteiger partial charge in [0, 0.05) is 18.6 Å². The van der Waals surface area contributed by atoms with Crippen molar-refractivity contribution in [1.29, 1.82) is 5.26 Å². The van der Waals surface area contributed by atoms with E-state index >= 15 is 0 Å². The van der Waals surface area contributed by atoms with Gasteiger partial charge in [-0.05, 0) is 12.1 Å². The Hall–Kier alpha value is -3.01. The van der Waals surface area contributed by atoms with Gasteiger partial charge < -0.3 is 9.64 Å². The van der Waals surface area contributed by atoms with E-state index in [1.54, 1.807) is 23.2 Å². The molecule has 1 saturated heterocycles. The van der Waals surface area contributed by atoms with Crippen molar-refractivity contribution < 1.29 is 9.53 Å². The predicted molar refractivity (Wildman–Crippen MR) is 71.3 cm³/mol. The van der Waals surface area contributed by atoms with Gasteiger partial charge in [0.25, 0.3) is 5.91 Å². The number of nitrogens with zero attached hydrogens (tertiary/aromatic N) is 5. The second-order valence-electron chi connectivity index (χ2n) is 4.51. The summed E-state index contributed by atoms with van der Waals surface area (Å²) in [4.78, 5) is 25.5. The zero-order valence-corrected chi connectivity index (χ0v) is 11.0. The average molecular weight is 281 g/mol. The summed E-state index contributed by atoms with van der Waals surface area (Å²) >= 11 is 0. The van der Waals surface area contributed by atoms with Crippen molar-refractivity contribution >= 4 is 5.91 Å². The van der Waals surface area contributed by atoms with Crippen LogP contribution in [0, 0.1) is 11.3 Å². The van der Waals surface area contributed by atoms with Gasteiger partial charge in [-0.2, -0.15) is 5.26 Å². The first kappa shape index (κ1) is 13.0. The number of amides is 1. The molecule has 0 radical (unpaired) electrons. The molecule has 2 aromatic rings. The fourth-order valence-electron chi connectivity index (χ4n) is 1.98. The molecule has 104 valence electrons. The lowest BCUT2D eigenvalue weighted by atomic mass is 10.1. The zero-order chi connectivity index (χ0) is 14.7. The molecule has 1 amide bonds. The minimum absolute atomic E-state index is 0.160. The molecule has 1 fully saturated rings. The Morgan fingerprint density at radius 1 is 1.33 bits per heavy atom. The Balaban J connectivity index is 1.59. The van der Waals surface area contributed by atoms with Crippen LogP contribution in [-0.4, -0.2) is 45.0 Å². The van der Waals surface area contributed by atoms with Gasteiger partial charge in [0.05, 0.1) is 19.3 Å². The summed E-state index contributed by atoms with van der Waals surface area (Å²) in [6, 6.07) is 5.34. The molecule has 3 heterocycles. The molecule has 0 unspecified atom stereocenters. The van der Waals surface area contributed by atoms with Gasteiger partial charge in [-0.1, -0.05) is 0 Å². The number of ether oxygens (including phenoxy) is 1. The summed E-state index contributed by atoms with van der Waals surface area (Å²) in [6.45, 7) is 0.883. The number of hydrogen-bond donors (Lipinski definition) is 0. The van der Waals surface area contributed by atoms with Crippen LogP contribution >= 0.6 is 0 Å². The van der Waals surface area contributed by atoms with Gasteiger partial charge in [0.15, 0.2) is 0 Å². The number of pyridine rings is 1. The molecular formula is C14H11N5O2. The molecule has 7 nitrogen and oxygen atoms in total. The van der Waals surface area contributed by atoms with Crippen LogP contribution in [0.5, 0.6) is 5.88 Å². The molecule has 0 aromatic carbocycles. The van der Waals surface area contributed by atoms with Crippen LogP contribution in [0.15, 0.2) is 36.9 Å². The third-order valence-corrected chi connectivity index (χ3v) is 3.09. The Morgan fingerprint density at radius 2 is 2.19 bits per heavy atom. The van der Waals surface area contributed by atoms with E-state index in [1.165, 1.54) is 18.6 Å². The molecule has 1 aliphatic heterocycles. The van der Waals surface area contributed by atoms with Crippen molar-refractivity contribution in [3.63, 3.8) is 0 Å². The summed E-state index contributed by atoms with van der Waals surface area (Å²) in [5, 5.41) is 8.96. The normalized spacial score (nSPS) is 14.1. The van der Waals surface area contributed by atoms with Crippen LogP contribution in [0.25, 0.3) is 0 Å². The first-order chi connectivity index (χ1) is 10.3. The second-order valence-corrected chi connectivity index (χ2v) is 4.51. The minimum atomic E-state index is -0.176. The molecule has 7 heteroatoms. The number of carbonyl (C=O) groups excluding carboxylic acids is 1. The lowest BCUT2D eigenvalue weighted by Crippen LogP contribution is -2.56. The standard InChI is InChI=1S/C14H11N5O2/c15-6-10-2-1-3-18-13(10)21-11-8-19(9-11)14(20)12-7-16-4-5-17-12/h1-5,7,11H,8-9H2. The number of rotatable bonds is 3. The van der Waals surface area contributed by atoms with Gasteiger partial charge >= 0.3 is 0 Å². The van der Waals surface area contributed by atoms with Gasteiger partial charge in [0.1, 0.15) is 23.4 Å². The molecule has 0 bridgehead atoms. The van der Waals surface area contributed by atoms with Crippen LogP contribution in [0.3, 0.4) is 0 Å². The fraction of sp³-hybridized carbons (Fsp3) is 0.214. The molecule has 2 aromatic heterocycles. The van der Waals surface area contributed by atoms with E-state index in [2.05, 4.69) is 15.0 Å². The zero-order valence-electron chi connectivity index (χ0n) is 11.0. The van der Waals surface area contributed by atoms with Crippen molar-refractivity contribution in [2.75, 3.05) is 13.1 Å². The fourth-order valence-corrected chi connectivity index (χ4v) is 1.98. The lowest BCUT2D eigenvalue weighted by molar-refractivity contribution is 0.0154. The minimum Gasteiger partial charge on any atom is -0.470 e. The van der Waals surface area contributed by atoms with E-state index in [0.29, 0.717) is 30.2 Å². The van der Waals surface area contributed by atoms with Gasteiger partial charge in [-0.3, -0.25) is 9.78 Å². The van der Waals surface area contributed by atoms with E-state index in [9.17, 15) is 4.79 Å². The highest BCUT2D eigenvalue weighted by Crippen LogP contribution is 2.20. The number of likely N-dealkylation sites (tertiary alicyclic amines) is 1. The summed E-state index contributed by atoms with van der Waals surface area (Å²) < 4.78 is 5.63. The monoisotopic (exact) mass is 281 g/mol. The molecule has 0 N–H and O–H groups in total.